The van der Waals surface area contributed by atoms with Crippen LogP contribution < -0.4 is 5.32 Å². The largest absolute Gasteiger partial charge is 0.349 e. The van der Waals surface area contributed by atoms with Crippen LogP contribution in [0.4, 0.5) is 0 Å². The third-order valence-electron chi connectivity index (χ3n) is 4.75. The van der Waals surface area contributed by atoms with Crippen molar-refractivity contribution in [2.45, 2.75) is 49.3 Å². The van der Waals surface area contributed by atoms with Crippen molar-refractivity contribution in [3.8, 4) is 0 Å². The van der Waals surface area contributed by atoms with Gasteiger partial charge in [-0.25, -0.2) is 8.42 Å². The molecule has 1 N–H and O–H groups in total. The van der Waals surface area contributed by atoms with E-state index >= 15 is 0 Å². The lowest BCUT2D eigenvalue weighted by atomic mass is 9.88. The highest BCUT2D eigenvalue weighted by atomic mass is 32.2. The van der Waals surface area contributed by atoms with Crippen molar-refractivity contribution in [3.05, 3.63) is 65.2 Å². The molecule has 0 bridgehead atoms. The van der Waals surface area contributed by atoms with Crippen LogP contribution in [0.25, 0.3) is 0 Å². The van der Waals surface area contributed by atoms with Crippen molar-refractivity contribution < 1.29 is 13.2 Å². The molecule has 0 heterocycles. The first-order chi connectivity index (χ1) is 11.9. The van der Waals surface area contributed by atoms with E-state index in [-0.39, 0.29) is 16.8 Å². The predicted octanol–water partition coefficient (Wildman–Crippen LogP) is 3.16. The van der Waals surface area contributed by atoms with Crippen LogP contribution >= 0.6 is 0 Å². The summed E-state index contributed by atoms with van der Waals surface area (Å²) < 4.78 is 24.3. The molecule has 1 unspecified atom stereocenters. The maximum absolute atomic E-state index is 12.5. The van der Waals surface area contributed by atoms with E-state index in [9.17, 15) is 13.2 Å². The number of fused-ring (bicyclic) bond motifs is 1. The van der Waals surface area contributed by atoms with Crippen LogP contribution in [0.3, 0.4) is 0 Å². The monoisotopic (exact) mass is 357 g/mol. The second kappa shape index (κ2) is 7.00. The van der Waals surface area contributed by atoms with Gasteiger partial charge in [-0.15, -0.1) is 0 Å². The molecular formula is C20H23NO3S. The maximum atomic E-state index is 12.5. The van der Waals surface area contributed by atoms with Gasteiger partial charge in [-0.05, 0) is 68.5 Å². The fourth-order valence-corrected chi connectivity index (χ4v) is 4.22. The van der Waals surface area contributed by atoms with E-state index in [2.05, 4.69) is 17.4 Å². The average Bonchev–Trinajstić information content (AvgIpc) is 2.61. The van der Waals surface area contributed by atoms with Gasteiger partial charge in [0.05, 0.1) is 10.1 Å². The second-order valence-corrected chi connectivity index (χ2v) is 9.30. The SMILES string of the molecule is CC(C)S(=O)(=O)c1ccc(C(=O)NC2CCc3ccccc3C2)cc1. The predicted molar refractivity (Wildman–Crippen MR) is 98.5 cm³/mol. The summed E-state index contributed by atoms with van der Waals surface area (Å²) >= 11 is 0. The standard InChI is InChI=1S/C20H23NO3S/c1-14(2)25(23,24)19-11-8-16(9-12-19)20(22)21-18-10-7-15-5-3-4-6-17(15)13-18/h3-6,8-9,11-12,14,18H,7,10,13H2,1-2H3,(H,21,22). The summed E-state index contributed by atoms with van der Waals surface area (Å²) in [5.74, 6) is -0.155. The highest BCUT2D eigenvalue weighted by molar-refractivity contribution is 7.92. The Kier molecular flexibility index (Phi) is 4.95. The van der Waals surface area contributed by atoms with Crippen molar-refractivity contribution in [1.29, 1.82) is 0 Å². The number of benzene rings is 2. The number of carbonyl (C=O) groups excluding carboxylic acids is 1. The van der Waals surface area contributed by atoms with Crippen LogP contribution in [-0.4, -0.2) is 25.6 Å². The Morgan fingerprint density at radius 2 is 1.68 bits per heavy atom. The molecular weight excluding hydrogens is 334 g/mol. The van der Waals surface area contributed by atoms with Crippen molar-refractivity contribution >= 4 is 15.7 Å². The Morgan fingerprint density at radius 1 is 1.04 bits per heavy atom. The van der Waals surface area contributed by atoms with Gasteiger partial charge in [-0.1, -0.05) is 24.3 Å². The molecule has 0 aromatic heterocycles. The van der Waals surface area contributed by atoms with Gasteiger partial charge in [0.15, 0.2) is 9.84 Å². The number of amides is 1. The number of carbonyl (C=O) groups is 1. The Hall–Kier alpha value is -2.14. The van der Waals surface area contributed by atoms with Gasteiger partial charge in [0.2, 0.25) is 0 Å². The minimum absolute atomic E-state index is 0.112. The second-order valence-electron chi connectivity index (χ2n) is 6.80. The minimum atomic E-state index is -3.31. The molecule has 25 heavy (non-hydrogen) atoms. The van der Waals surface area contributed by atoms with Crippen molar-refractivity contribution in [3.63, 3.8) is 0 Å². The Labute approximate surface area is 149 Å². The molecule has 5 heteroatoms. The summed E-state index contributed by atoms with van der Waals surface area (Å²) in [6, 6.07) is 14.6. The smallest absolute Gasteiger partial charge is 0.251 e. The summed E-state index contributed by atoms with van der Waals surface area (Å²) in [6.07, 6.45) is 2.72. The first kappa shape index (κ1) is 17.7. The maximum Gasteiger partial charge on any atom is 0.251 e. The third-order valence-corrected chi connectivity index (χ3v) is 6.92. The van der Waals surface area contributed by atoms with Crippen molar-refractivity contribution in [2.75, 3.05) is 0 Å². The Balaban J connectivity index is 1.68. The lowest BCUT2D eigenvalue weighted by Gasteiger charge is -2.25. The van der Waals surface area contributed by atoms with Crippen LogP contribution in [0.1, 0.15) is 41.8 Å². The lowest BCUT2D eigenvalue weighted by Crippen LogP contribution is -2.38. The first-order valence-electron chi connectivity index (χ1n) is 8.59. The molecule has 4 nitrogen and oxygen atoms in total. The zero-order valence-electron chi connectivity index (χ0n) is 14.5. The van der Waals surface area contributed by atoms with Gasteiger partial charge >= 0.3 is 0 Å². The molecule has 132 valence electrons. The highest BCUT2D eigenvalue weighted by Gasteiger charge is 2.22. The van der Waals surface area contributed by atoms with E-state index < -0.39 is 15.1 Å². The fraction of sp³-hybridized carbons (Fsp3) is 0.350. The molecule has 3 rings (SSSR count). The van der Waals surface area contributed by atoms with Crippen LogP contribution in [0.15, 0.2) is 53.4 Å². The van der Waals surface area contributed by atoms with Gasteiger partial charge in [-0.2, -0.15) is 0 Å². The van der Waals surface area contributed by atoms with E-state index in [1.54, 1.807) is 26.0 Å². The van der Waals surface area contributed by atoms with E-state index in [0.29, 0.717) is 5.56 Å². The zero-order valence-corrected chi connectivity index (χ0v) is 15.3. The fourth-order valence-electron chi connectivity index (χ4n) is 3.16. The minimum Gasteiger partial charge on any atom is -0.349 e. The summed E-state index contributed by atoms with van der Waals surface area (Å²) in [5, 5.41) is 2.59. The van der Waals surface area contributed by atoms with Gasteiger partial charge < -0.3 is 5.32 Å². The third kappa shape index (κ3) is 3.76. The number of hydrogen-bond acceptors (Lipinski definition) is 3. The number of sulfone groups is 1. The molecule has 1 atom stereocenters. The highest BCUT2D eigenvalue weighted by Crippen LogP contribution is 2.22. The van der Waals surface area contributed by atoms with Crippen molar-refractivity contribution in [1.82, 2.24) is 5.32 Å². The molecule has 0 saturated heterocycles. The molecule has 2 aromatic carbocycles. The normalized spacial score (nSPS) is 17.2. The molecule has 2 aromatic rings. The molecule has 0 aliphatic heterocycles. The molecule has 0 saturated carbocycles. The number of aryl methyl sites for hydroxylation is 1. The molecule has 0 spiro atoms. The zero-order chi connectivity index (χ0) is 18.0. The summed E-state index contributed by atoms with van der Waals surface area (Å²) in [6.45, 7) is 3.30. The van der Waals surface area contributed by atoms with Crippen LogP contribution in [0.2, 0.25) is 0 Å². The number of hydrogen-bond donors (Lipinski definition) is 1. The van der Waals surface area contributed by atoms with Crippen molar-refractivity contribution in [2.24, 2.45) is 0 Å². The number of rotatable bonds is 4. The molecule has 0 fully saturated rings. The van der Waals surface area contributed by atoms with Gasteiger partial charge in [0.1, 0.15) is 0 Å². The quantitative estimate of drug-likeness (QED) is 0.914. The molecule has 1 aliphatic rings. The van der Waals surface area contributed by atoms with E-state index in [1.165, 1.54) is 23.3 Å². The molecule has 1 amide bonds. The van der Waals surface area contributed by atoms with Gasteiger partial charge in [0.25, 0.3) is 5.91 Å². The first-order valence-corrected chi connectivity index (χ1v) is 10.1. The van der Waals surface area contributed by atoms with E-state index in [0.717, 1.165) is 19.3 Å². The Bertz CT molecular complexity index is 870. The van der Waals surface area contributed by atoms with Crippen LogP contribution in [-0.2, 0) is 22.7 Å². The topological polar surface area (TPSA) is 63.2 Å². The van der Waals surface area contributed by atoms with Gasteiger partial charge in [0, 0.05) is 11.6 Å². The van der Waals surface area contributed by atoms with E-state index in [4.69, 9.17) is 0 Å². The number of nitrogens with one attached hydrogen (secondary N) is 1. The van der Waals surface area contributed by atoms with E-state index in [1.807, 2.05) is 12.1 Å². The Morgan fingerprint density at radius 3 is 2.32 bits per heavy atom. The molecule has 0 radical (unpaired) electrons. The lowest BCUT2D eigenvalue weighted by molar-refractivity contribution is 0.0933. The van der Waals surface area contributed by atoms with Gasteiger partial charge in [-0.3, -0.25) is 4.79 Å². The van der Waals surface area contributed by atoms with Crippen LogP contribution in [0.5, 0.6) is 0 Å². The summed E-state index contributed by atoms with van der Waals surface area (Å²) in [7, 11) is -3.31. The average molecular weight is 357 g/mol. The summed E-state index contributed by atoms with van der Waals surface area (Å²) in [5.41, 5.74) is 3.13. The summed E-state index contributed by atoms with van der Waals surface area (Å²) in [4.78, 5) is 12.7. The molecule has 1 aliphatic carbocycles. The van der Waals surface area contributed by atoms with Crippen LogP contribution in [0, 0.1) is 0 Å².